The van der Waals surface area contributed by atoms with Crippen LogP contribution in [-0.2, 0) is 0 Å². The molecule has 2 N–H and O–H groups in total. The lowest BCUT2D eigenvalue weighted by Crippen LogP contribution is -2.28. The van der Waals surface area contributed by atoms with Gasteiger partial charge in [0, 0.05) is 6.61 Å². The van der Waals surface area contributed by atoms with E-state index in [2.05, 4.69) is 6.08 Å². The van der Waals surface area contributed by atoms with Crippen LogP contribution in [0.2, 0.25) is 0 Å². The van der Waals surface area contributed by atoms with E-state index in [1.54, 1.807) is 0 Å². The van der Waals surface area contributed by atoms with E-state index in [1.807, 2.05) is 6.08 Å². The molecule has 0 spiro atoms. The Kier molecular flexibility index (Phi) is 5.20. The molecular formula is C12H22O2. The van der Waals surface area contributed by atoms with Crippen molar-refractivity contribution in [3.63, 3.8) is 0 Å². The van der Waals surface area contributed by atoms with Gasteiger partial charge in [0.1, 0.15) is 0 Å². The van der Waals surface area contributed by atoms with Crippen molar-refractivity contribution in [2.24, 2.45) is 0 Å². The number of rotatable bonds is 5. The zero-order valence-electron chi connectivity index (χ0n) is 8.91. The molecule has 0 atom stereocenters. The maximum atomic E-state index is 10.1. The first-order valence-electron chi connectivity index (χ1n) is 5.78. The third-order valence-corrected chi connectivity index (χ3v) is 2.93. The van der Waals surface area contributed by atoms with Crippen molar-refractivity contribution in [2.45, 2.75) is 57.0 Å². The smallest absolute Gasteiger partial charge is 0.0827 e. The van der Waals surface area contributed by atoms with E-state index in [0.717, 1.165) is 44.9 Å². The molecule has 14 heavy (non-hydrogen) atoms. The van der Waals surface area contributed by atoms with Crippen molar-refractivity contribution < 1.29 is 10.2 Å². The molecule has 1 aliphatic carbocycles. The summed E-state index contributed by atoms with van der Waals surface area (Å²) in [7, 11) is 0. The Bertz CT molecular complexity index is 169. The molecule has 0 aliphatic heterocycles. The van der Waals surface area contributed by atoms with Gasteiger partial charge in [0.15, 0.2) is 0 Å². The molecule has 0 aromatic rings. The lowest BCUT2D eigenvalue weighted by molar-refractivity contribution is 0.0511. The first-order chi connectivity index (χ1) is 6.77. The molecule has 0 unspecified atom stereocenters. The number of unbranched alkanes of at least 4 members (excludes halogenated alkanes) is 2. The van der Waals surface area contributed by atoms with Crippen molar-refractivity contribution in [2.75, 3.05) is 6.61 Å². The van der Waals surface area contributed by atoms with Gasteiger partial charge >= 0.3 is 0 Å². The molecule has 82 valence electrons. The topological polar surface area (TPSA) is 40.5 Å². The highest BCUT2D eigenvalue weighted by molar-refractivity contribution is 5.02. The van der Waals surface area contributed by atoms with Gasteiger partial charge in [-0.15, -0.1) is 0 Å². The van der Waals surface area contributed by atoms with E-state index in [9.17, 15) is 5.11 Å². The lowest BCUT2D eigenvalue weighted by Gasteiger charge is -2.28. The Labute approximate surface area is 86.6 Å². The third-order valence-electron chi connectivity index (χ3n) is 2.93. The highest BCUT2D eigenvalue weighted by Crippen LogP contribution is 2.29. The molecule has 1 aliphatic rings. The van der Waals surface area contributed by atoms with Crippen molar-refractivity contribution in [1.29, 1.82) is 0 Å². The average Bonchev–Trinajstić information content (AvgIpc) is 2.18. The number of aliphatic hydroxyl groups is 2. The maximum Gasteiger partial charge on any atom is 0.0827 e. The summed E-state index contributed by atoms with van der Waals surface area (Å²) >= 11 is 0. The Morgan fingerprint density at radius 2 is 1.79 bits per heavy atom. The quantitative estimate of drug-likeness (QED) is 0.526. The summed E-state index contributed by atoms with van der Waals surface area (Å²) in [5.41, 5.74) is -0.516. The minimum Gasteiger partial charge on any atom is -0.396 e. The van der Waals surface area contributed by atoms with Crippen LogP contribution in [0.25, 0.3) is 0 Å². The number of allylic oxidation sites excluding steroid dienone is 1. The Morgan fingerprint density at radius 1 is 1.07 bits per heavy atom. The van der Waals surface area contributed by atoms with Crippen LogP contribution in [-0.4, -0.2) is 22.4 Å². The van der Waals surface area contributed by atoms with E-state index in [4.69, 9.17) is 5.11 Å². The van der Waals surface area contributed by atoms with Crippen LogP contribution in [0.4, 0.5) is 0 Å². The van der Waals surface area contributed by atoms with Gasteiger partial charge in [-0.25, -0.2) is 0 Å². The predicted molar refractivity (Wildman–Crippen MR) is 58.1 cm³/mol. The first kappa shape index (κ1) is 11.7. The SMILES string of the molecule is OCCCC/C=C/C1(O)CCCCC1. The van der Waals surface area contributed by atoms with Crippen LogP contribution >= 0.6 is 0 Å². The summed E-state index contributed by atoms with van der Waals surface area (Å²) in [5.74, 6) is 0. The molecular weight excluding hydrogens is 176 g/mol. The van der Waals surface area contributed by atoms with E-state index in [0.29, 0.717) is 0 Å². The van der Waals surface area contributed by atoms with Crippen molar-refractivity contribution >= 4 is 0 Å². The minimum absolute atomic E-state index is 0.276. The first-order valence-corrected chi connectivity index (χ1v) is 5.78. The van der Waals surface area contributed by atoms with Crippen LogP contribution < -0.4 is 0 Å². The lowest BCUT2D eigenvalue weighted by atomic mass is 9.84. The second kappa shape index (κ2) is 6.20. The molecule has 0 aromatic heterocycles. The van der Waals surface area contributed by atoms with Gasteiger partial charge in [0.05, 0.1) is 5.60 Å². The van der Waals surface area contributed by atoms with Gasteiger partial charge in [0.25, 0.3) is 0 Å². The fraction of sp³-hybridized carbons (Fsp3) is 0.833. The molecule has 0 radical (unpaired) electrons. The fourth-order valence-electron chi connectivity index (χ4n) is 2.01. The molecule has 2 nitrogen and oxygen atoms in total. The minimum atomic E-state index is -0.516. The second-order valence-corrected chi connectivity index (χ2v) is 4.29. The van der Waals surface area contributed by atoms with E-state index < -0.39 is 5.60 Å². The summed E-state index contributed by atoms with van der Waals surface area (Å²) < 4.78 is 0. The van der Waals surface area contributed by atoms with E-state index in [1.165, 1.54) is 6.42 Å². The second-order valence-electron chi connectivity index (χ2n) is 4.29. The number of hydrogen-bond donors (Lipinski definition) is 2. The largest absolute Gasteiger partial charge is 0.396 e. The van der Waals surface area contributed by atoms with Crippen molar-refractivity contribution in [3.05, 3.63) is 12.2 Å². The molecule has 1 saturated carbocycles. The number of hydrogen-bond acceptors (Lipinski definition) is 2. The zero-order chi connectivity index (χ0) is 10.3. The summed E-state index contributed by atoms with van der Waals surface area (Å²) in [6.45, 7) is 0.276. The Balaban J connectivity index is 2.19. The molecule has 2 heteroatoms. The standard InChI is InChI=1S/C12H22O2/c13-11-7-2-1-4-8-12(14)9-5-3-6-10-12/h4,8,13-14H,1-3,5-7,9-11H2/b8-4+. The highest BCUT2D eigenvalue weighted by atomic mass is 16.3. The summed E-state index contributed by atoms with van der Waals surface area (Å²) in [6.07, 6.45) is 12.3. The zero-order valence-corrected chi connectivity index (χ0v) is 8.91. The fourth-order valence-corrected chi connectivity index (χ4v) is 2.01. The van der Waals surface area contributed by atoms with Gasteiger partial charge in [-0.2, -0.15) is 0 Å². The van der Waals surface area contributed by atoms with Crippen LogP contribution in [0, 0.1) is 0 Å². The average molecular weight is 198 g/mol. The van der Waals surface area contributed by atoms with Crippen LogP contribution in [0.15, 0.2) is 12.2 Å². The molecule has 0 amide bonds. The van der Waals surface area contributed by atoms with Gasteiger partial charge in [-0.05, 0) is 32.1 Å². The van der Waals surface area contributed by atoms with E-state index in [-0.39, 0.29) is 6.61 Å². The molecule has 1 fully saturated rings. The van der Waals surface area contributed by atoms with Crippen molar-refractivity contribution in [1.82, 2.24) is 0 Å². The molecule has 0 saturated heterocycles. The van der Waals surface area contributed by atoms with E-state index >= 15 is 0 Å². The number of aliphatic hydroxyl groups excluding tert-OH is 1. The predicted octanol–water partition coefficient (Wildman–Crippen LogP) is 2.40. The van der Waals surface area contributed by atoms with Gasteiger partial charge in [0.2, 0.25) is 0 Å². The summed E-state index contributed by atoms with van der Waals surface area (Å²) in [4.78, 5) is 0. The summed E-state index contributed by atoms with van der Waals surface area (Å²) in [6, 6.07) is 0. The monoisotopic (exact) mass is 198 g/mol. The van der Waals surface area contributed by atoms with Crippen LogP contribution in [0.3, 0.4) is 0 Å². The van der Waals surface area contributed by atoms with Crippen LogP contribution in [0.1, 0.15) is 51.4 Å². The Morgan fingerprint density at radius 3 is 2.43 bits per heavy atom. The molecule has 1 rings (SSSR count). The normalized spacial score (nSPS) is 21.6. The van der Waals surface area contributed by atoms with Gasteiger partial charge in [-0.3, -0.25) is 0 Å². The Hall–Kier alpha value is -0.340. The van der Waals surface area contributed by atoms with Crippen molar-refractivity contribution in [3.8, 4) is 0 Å². The third kappa shape index (κ3) is 4.25. The highest BCUT2D eigenvalue weighted by Gasteiger charge is 2.25. The maximum absolute atomic E-state index is 10.1. The van der Waals surface area contributed by atoms with Crippen LogP contribution in [0.5, 0.6) is 0 Å². The van der Waals surface area contributed by atoms with Gasteiger partial charge in [-0.1, -0.05) is 31.4 Å². The summed E-state index contributed by atoms with van der Waals surface area (Å²) in [5, 5.41) is 18.7. The van der Waals surface area contributed by atoms with Gasteiger partial charge < -0.3 is 10.2 Å². The molecule has 0 heterocycles. The molecule has 0 aromatic carbocycles. The molecule has 0 bridgehead atoms.